The van der Waals surface area contributed by atoms with Crippen LogP contribution < -0.4 is 0 Å². The molecule has 0 aliphatic heterocycles. The van der Waals surface area contributed by atoms with Crippen molar-refractivity contribution in [3.8, 4) is 5.82 Å². The van der Waals surface area contributed by atoms with Crippen molar-refractivity contribution in [2.24, 2.45) is 5.92 Å². The second kappa shape index (κ2) is 7.91. The van der Waals surface area contributed by atoms with E-state index in [4.69, 9.17) is 0 Å². The predicted molar refractivity (Wildman–Crippen MR) is 99.9 cm³/mol. The third kappa shape index (κ3) is 3.64. The topological polar surface area (TPSA) is 63.9 Å². The minimum absolute atomic E-state index is 0.0589. The highest BCUT2D eigenvalue weighted by molar-refractivity contribution is 5.92. The van der Waals surface area contributed by atoms with Crippen LogP contribution in [0.2, 0.25) is 0 Å². The summed E-state index contributed by atoms with van der Waals surface area (Å²) < 4.78 is 1.65. The Morgan fingerprint density at radius 2 is 2.00 bits per heavy atom. The number of hydrogen-bond acceptors (Lipinski definition) is 4. The van der Waals surface area contributed by atoms with E-state index >= 15 is 0 Å². The summed E-state index contributed by atoms with van der Waals surface area (Å²) in [5, 5.41) is 4.18. The summed E-state index contributed by atoms with van der Waals surface area (Å²) in [6, 6.07) is 11.1. The van der Waals surface area contributed by atoms with Crippen LogP contribution >= 0.6 is 0 Å². The Labute approximate surface area is 153 Å². The van der Waals surface area contributed by atoms with Crippen molar-refractivity contribution in [2.75, 3.05) is 6.54 Å². The third-order valence-corrected chi connectivity index (χ3v) is 4.29. The molecule has 3 aromatic heterocycles. The lowest BCUT2D eigenvalue weighted by Gasteiger charge is -2.33. The molecule has 0 saturated carbocycles. The number of pyridine rings is 2. The van der Waals surface area contributed by atoms with E-state index in [1.54, 1.807) is 29.3 Å². The van der Waals surface area contributed by atoms with Gasteiger partial charge in [-0.15, -0.1) is 0 Å². The SMILES string of the molecule is CCN(C(=O)c1cccc(-n2cccn2)n1)[C@H](c1cccnc1)C(C)C. The van der Waals surface area contributed by atoms with E-state index < -0.39 is 0 Å². The quantitative estimate of drug-likeness (QED) is 0.683. The average molecular weight is 349 g/mol. The normalized spacial score (nSPS) is 12.2. The monoisotopic (exact) mass is 349 g/mol. The van der Waals surface area contributed by atoms with Crippen LogP contribution in [0.5, 0.6) is 0 Å². The maximum atomic E-state index is 13.2. The smallest absolute Gasteiger partial charge is 0.273 e. The lowest BCUT2D eigenvalue weighted by Crippen LogP contribution is -2.38. The van der Waals surface area contributed by atoms with Crippen LogP contribution in [0.25, 0.3) is 5.82 Å². The maximum absolute atomic E-state index is 13.2. The van der Waals surface area contributed by atoms with E-state index in [0.717, 1.165) is 5.56 Å². The molecule has 0 aliphatic rings. The zero-order chi connectivity index (χ0) is 18.5. The molecule has 0 unspecified atom stereocenters. The zero-order valence-electron chi connectivity index (χ0n) is 15.3. The molecule has 0 aromatic carbocycles. The third-order valence-electron chi connectivity index (χ3n) is 4.29. The van der Waals surface area contributed by atoms with Crippen LogP contribution in [0.15, 0.2) is 61.2 Å². The molecular weight excluding hydrogens is 326 g/mol. The molecule has 0 spiro atoms. The van der Waals surface area contributed by atoms with Gasteiger partial charge in [-0.1, -0.05) is 26.0 Å². The standard InChI is InChI=1S/C20H23N5O/c1-4-24(19(15(2)3)16-8-6-11-21-14-16)20(26)17-9-5-10-18(23-17)25-13-7-12-22-25/h5-15,19H,4H2,1-3H3/t19-/m0/s1. The van der Waals surface area contributed by atoms with Crippen LogP contribution in [0.1, 0.15) is 42.9 Å². The Balaban J connectivity index is 1.94. The van der Waals surface area contributed by atoms with Gasteiger partial charge in [0.1, 0.15) is 5.69 Å². The van der Waals surface area contributed by atoms with Crippen LogP contribution in [-0.2, 0) is 0 Å². The lowest BCUT2D eigenvalue weighted by atomic mass is 9.95. The summed E-state index contributed by atoms with van der Waals surface area (Å²) in [5.74, 6) is 0.779. The van der Waals surface area contributed by atoms with E-state index in [-0.39, 0.29) is 17.9 Å². The summed E-state index contributed by atoms with van der Waals surface area (Å²) >= 11 is 0. The summed E-state index contributed by atoms with van der Waals surface area (Å²) in [4.78, 5) is 23.8. The average Bonchev–Trinajstić information content (AvgIpc) is 3.21. The molecule has 6 heteroatoms. The Morgan fingerprint density at radius 1 is 1.15 bits per heavy atom. The van der Waals surface area contributed by atoms with Crippen molar-refractivity contribution >= 4 is 5.91 Å². The maximum Gasteiger partial charge on any atom is 0.273 e. The molecule has 26 heavy (non-hydrogen) atoms. The predicted octanol–water partition coefficient (Wildman–Crippen LogP) is 3.52. The zero-order valence-corrected chi connectivity index (χ0v) is 15.3. The van der Waals surface area contributed by atoms with Gasteiger partial charge in [-0.25, -0.2) is 9.67 Å². The molecule has 1 amide bonds. The number of rotatable bonds is 6. The Bertz CT molecular complexity index is 846. The summed E-state index contributed by atoms with van der Waals surface area (Å²) in [7, 11) is 0. The van der Waals surface area contributed by atoms with Gasteiger partial charge in [0.15, 0.2) is 5.82 Å². The summed E-state index contributed by atoms with van der Waals surface area (Å²) in [5.41, 5.74) is 1.44. The van der Waals surface area contributed by atoms with Gasteiger partial charge in [-0.2, -0.15) is 5.10 Å². The first kappa shape index (κ1) is 17.8. The van der Waals surface area contributed by atoms with Crippen LogP contribution in [0, 0.1) is 5.92 Å². The van der Waals surface area contributed by atoms with E-state index in [2.05, 4.69) is 28.9 Å². The molecule has 0 aliphatic carbocycles. The molecular formula is C20H23N5O. The van der Waals surface area contributed by atoms with E-state index in [9.17, 15) is 4.79 Å². The molecule has 3 heterocycles. The highest BCUT2D eigenvalue weighted by Crippen LogP contribution is 2.29. The number of hydrogen-bond donors (Lipinski definition) is 0. The first-order valence-corrected chi connectivity index (χ1v) is 8.79. The van der Waals surface area contributed by atoms with E-state index in [1.807, 2.05) is 48.4 Å². The lowest BCUT2D eigenvalue weighted by molar-refractivity contribution is 0.0630. The first-order valence-electron chi connectivity index (χ1n) is 8.79. The molecule has 134 valence electrons. The van der Waals surface area contributed by atoms with Crippen LogP contribution in [-0.4, -0.2) is 37.1 Å². The van der Waals surface area contributed by atoms with E-state index in [0.29, 0.717) is 18.1 Å². The van der Waals surface area contributed by atoms with Gasteiger partial charge in [-0.05, 0) is 42.7 Å². The minimum atomic E-state index is -0.0935. The number of aromatic nitrogens is 4. The Kier molecular flexibility index (Phi) is 5.41. The van der Waals surface area contributed by atoms with Crippen molar-refractivity contribution in [2.45, 2.75) is 26.8 Å². The van der Waals surface area contributed by atoms with Gasteiger partial charge in [0.2, 0.25) is 0 Å². The molecule has 1 atom stereocenters. The highest BCUT2D eigenvalue weighted by atomic mass is 16.2. The van der Waals surface area contributed by atoms with Crippen molar-refractivity contribution < 1.29 is 4.79 Å². The van der Waals surface area contributed by atoms with Crippen molar-refractivity contribution in [1.29, 1.82) is 0 Å². The van der Waals surface area contributed by atoms with Crippen molar-refractivity contribution in [3.63, 3.8) is 0 Å². The van der Waals surface area contributed by atoms with Crippen LogP contribution in [0.4, 0.5) is 0 Å². The summed E-state index contributed by atoms with van der Waals surface area (Å²) in [6.07, 6.45) is 7.06. The number of nitrogens with zero attached hydrogens (tertiary/aromatic N) is 5. The molecule has 0 radical (unpaired) electrons. The largest absolute Gasteiger partial charge is 0.330 e. The Hall–Kier alpha value is -3.02. The molecule has 6 nitrogen and oxygen atoms in total. The molecule has 3 aromatic rings. The van der Waals surface area contributed by atoms with Gasteiger partial charge in [-0.3, -0.25) is 9.78 Å². The minimum Gasteiger partial charge on any atom is -0.330 e. The first-order chi connectivity index (χ1) is 12.6. The molecule has 0 saturated heterocycles. The fourth-order valence-corrected chi connectivity index (χ4v) is 3.16. The van der Waals surface area contributed by atoms with Gasteiger partial charge >= 0.3 is 0 Å². The number of amides is 1. The molecule has 0 N–H and O–H groups in total. The van der Waals surface area contributed by atoms with Crippen molar-refractivity contribution in [3.05, 3.63) is 72.4 Å². The van der Waals surface area contributed by atoms with E-state index in [1.165, 1.54) is 0 Å². The van der Waals surface area contributed by atoms with Gasteiger partial charge < -0.3 is 4.90 Å². The fraction of sp³-hybridized carbons (Fsp3) is 0.300. The molecule has 0 bridgehead atoms. The fourth-order valence-electron chi connectivity index (χ4n) is 3.16. The number of carbonyl (C=O) groups is 1. The molecule has 0 fully saturated rings. The number of carbonyl (C=O) groups excluding carboxylic acids is 1. The highest BCUT2D eigenvalue weighted by Gasteiger charge is 2.28. The second-order valence-corrected chi connectivity index (χ2v) is 6.40. The molecule has 3 rings (SSSR count). The van der Waals surface area contributed by atoms with Gasteiger partial charge in [0.25, 0.3) is 5.91 Å². The summed E-state index contributed by atoms with van der Waals surface area (Å²) in [6.45, 7) is 6.80. The van der Waals surface area contributed by atoms with Crippen LogP contribution in [0.3, 0.4) is 0 Å². The van der Waals surface area contributed by atoms with Gasteiger partial charge in [0.05, 0.1) is 6.04 Å². The van der Waals surface area contributed by atoms with Gasteiger partial charge in [0, 0.05) is 31.3 Å². The van der Waals surface area contributed by atoms with Crippen molar-refractivity contribution in [1.82, 2.24) is 24.6 Å². The second-order valence-electron chi connectivity index (χ2n) is 6.40. The Morgan fingerprint density at radius 3 is 2.62 bits per heavy atom.